The predicted octanol–water partition coefficient (Wildman–Crippen LogP) is 4.49. The zero-order chi connectivity index (χ0) is 23.5. The van der Waals surface area contributed by atoms with Crippen molar-refractivity contribution in [2.45, 2.75) is 26.9 Å². The number of benzene rings is 1. The van der Waals surface area contributed by atoms with Gasteiger partial charge < -0.3 is 16.0 Å². The third-order valence-electron chi connectivity index (χ3n) is 4.77. The summed E-state index contributed by atoms with van der Waals surface area (Å²) in [6.45, 7) is 6.39. The van der Waals surface area contributed by atoms with Crippen LogP contribution in [0, 0.1) is 20.8 Å². The van der Waals surface area contributed by atoms with E-state index >= 15 is 0 Å². The molecule has 170 valence electrons. The van der Waals surface area contributed by atoms with Gasteiger partial charge in [-0.1, -0.05) is 11.6 Å². The molecule has 32 heavy (non-hydrogen) atoms. The number of halogens is 4. The number of urea groups is 1. The Hall–Kier alpha value is -3.34. The molecule has 0 aliphatic carbocycles. The molecule has 0 radical (unpaired) electrons. The Kier molecular flexibility index (Phi) is 6.87. The second-order valence-corrected chi connectivity index (χ2v) is 7.39. The number of alkyl halides is 3. The van der Waals surface area contributed by atoms with E-state index in [1.54, 1.807) is 16.8 Å². The van der Waals surface area contributed by atoms with Gasteiger partial charge in [0.05, 0.1) is 16.3 Å². The summed E-state index contributed by atoms with van der Waals surface area (Å²) in [6, 6.07) is 6.01. The lowest BCUT2D eigenvalue weighted by atomic mass is 10.2. The summed E-state index contributed by atoms with van der Waals surface area (Å²) in [5, 5.41) is 20.1. The van der Waals surface area contributed by atoms with Crippen molar-refractivity contribution in [3.8, 4) is 5.82 Å². The molecule has 2 aromatic heterocycles. The summed E-state index contributed by atoms with van der Waals surface area (Å²) >= 11 is 5.57. The van der Waals surface area contributed by atoms with Gasteiger partial charge >= 0.3 is 12.2 Å². The number of aromatic nitrogens is 4. The van der Waals surface area contributed by atoms with Crippen LogP contribution in [0.3, 0.4) is 0 Å². The molecule has 0 spiro atoms. The van der Waals surface area contributed by atoms with Gasteiger partial charge in [-0.25, -0.2) is 9.48 Å². The Morgan fingerprint density at radius 3 is 2.44 bits per heavy atom. The van der Waals surface area contributed by atoms with Crippen molar-refractivity contribution in [1.82, 2.24) is 25.3 Å². The maximum absolute atomic E-state index is 12.9. The van der Waals surface area contributed by atoms with Crippen LogP contribution < -0.4 is 16.0 Å². The third kappa shape index (κ3) is 5.47. The van der Waals surface area contributed by atoms with Gasteiger partial charge in [-0.05, 0) is 56.7 Å². The van der Waals surface area contributed by atoms with E-state index in [1.165, 1.54) is 6.07 Å². The SMILES string of the molecule is Cc1nn(-c2ccc(NCCNC(=O)Nc3ccc(Cl)c(C(F)(F)F)c3)nn2)c(C)c1C. The van der Waals surface area contributed by atoms with Crippen molar-refractivity contribution in [2.24, 2.45) is 0 Å². The molecule has 2 amide bonds. The van der Waals surface area contributed by atoms with E-state index in [4.69, 9.17) is 11.6 Å². The summed E-state index contributed by atoms with van der Waals surface area (Å²) in [6.07, 6.45) is -4.61. The Morgan fingerprint density at radius 1 is 1.09 bits per heavy atom. The number of nitrogens with one attached hydrogen (secondary N) is 3. The van der Waals surface area contributed by atoms with E-state index in [-0.39, 0.29) is 12.2 Å². The molecule has 0 aliphatic heterocycles. The fraction of sp³-hybridized carbons (Fsp3) is 0.300. The molecule has 1 aromatic carbocycles. The monoisotopic (exact) mass is 467 g/mol. The minimum Gasteiger partial charge on any atom is -0.367 e. The largest absolute Gasteiger partial charge is 0.417 e. The molecule has 0 fully saturated rings. The number of hydrogen-bond acceptors (Lipinski definition) is 5. The van der Waals surface area contributed by atoms with Crippen LogP contribution >= 0.6 is 11.6 Å². The molecule has 0 aliphatic rings. The summed E-state index contributed by atoms with van der Waals surface area (Å²) in [7, 11) is 0. The molecule has 0 saturated heterocycles. The molecule has 3 rings (SSSR count). The van der Waals surface area contributed by atoms with E-state index in [0.717, 1.165) is 29.1 Å². The number of carbonyl (C=O) groups excluding carboxylic acids is 1. The highest BCUT2D eigenvalue weighted by Crippen LogP contribution is 2.36. The number of aryl methyl sites for hydroxylation is 1. The average Bonchev–Trinajstić information content (AvgIpc) is 2.99. The molecule has 12 heteroatoms. The number of nitrogens with zero attached hydrogens (tertiary/aromatic N) is 4. The molecule has 0 atom stereocenters. The quantitative estimate of drug-likeness (QED) is 0.464. The summed E-state index contributed by atoms with van der Waals surface area (Å²) in [5.74, 6) is 1.09. The van der Waals surface area contributed by atoms with E-state index < -0.39 is 22.8 Å². The fourth-order valence-corrected chi connectivity index (χ4v) is 3.06. The van der Waals surface area contributed by atoms with E-state index in [0.29, 0.717) is 18.2 Å². The highest BCUT2D eigenvalue weighted by molar-refractivity contribution is 6.31. The molecule has 8 nitrogen and oxygen atoms in total. The fourth-order valence-electron chi connectivity index (χ4n) is 2.84. The topological polar surface area (TPSA) is 96.8 Å². The van der Waals surface area contributed by atoms with E-state index in [9.17, 15) is 18.0 Å². The molecule has 0 saturated carbocycles. The zero-order valence-electron chi connectivity index (χ0n) is 17.5. The highest BCUT2D eigenvalue weighted by Gasteiger charge is 2.33. The smallest absolute Gasteiger partial charge is 0.367 e. The lowest BCUT2D eigenvalue weighted by Gasteiger charge is -2.12. The van der Waals surface area contributed by atoms with E-state index in [2.05, 4.69) is 31.2 Å². The van der Waals surface area contributed by atoms with Gasteiger partial charge in [-0.3, -0.25) is 0 Å². The summed E-state index contributed by atoms with van der Waals surface area (Å²) in [4.78, 5) is 11.9. The van der Waals surface area contributed by atoms with Crippen molar-refractivity contribution in [3.63, 3.8) is 0 Å². The van der Waals surface area contributed by atoms with Crippen LogP contribution in [0.1, 0.15) is 22.5 Å². The van der Waals surface area contributed by atoms with Crippen LogP contribution in [-0.4, -0.2) is 39.1 Å². The lowest BCUT2D eigenvalue weighted by molar-refractivity contribution is -0.137. The van der Waals surface area contributed by atoms with Gasteiger partial charge in [-0.15, -0.1) is 10.2 Å². The average molecular weight is 468 g/mol. The standard InChI is InChI=1S/C20H21ClF3N7O/c1-11-12(2)30-31(13(11)3)18-7-6-17(28-29-18)25-8-9-26-19(32)27-14-4-5-16(21)15(10-14)20(22,23)24/h4-7,10H,8-9H2,1-3H3,(H,25,28)(H2,26,27,32). The molecule has 0 unspecified atom stereocenters. The molecule has 2 heterocycles. The first kappa shape index (κ1) is 23.3. The number of amides is 2. The molecular weight excluding hydrogens is 447 g/mol. The van der Waals surface area contributed by atoms with Gasteiger partial charge in [0.25, 0.3) is 0 Å². The van der Waals surface area contributed by atoms with Crippen molar-refractivity contribution < 1.29 is 18.0 Å². The molecule has 3 aromatic rings. The van der Waals surface area contributed by atoms with Crippen LogP contribution in [0.25, 0.3) is 5.82 Å². The van der Waals surface area contributed by atoms with Crippen LogP contribution in [0.15, 0.2) is 30.3 Å². The number of rotatable bonds is 6. The Labute approximate surface area is 187 Å². The van der Waals surface area contributed by atoms with Gasteiger partial charge in [0, 0.05) is 24.5 Å². The molecular formula is C20H21ClF3N7O. The van der Waals surface area contributed by atoms with Crippen molar-refractivity contribution >= 4 is 29.1 Å². The number of hydrogen-bond donors (Lipinski definition) is 3. The predicted molar refractivity (Wildman–Crippen MR) is 115 cm³/mol. The van der Waals surface area contributed by atoms with Gasteiger partial charge in [-0.2, -0.15) is 18.3 Å². The normalized spacial score (nSPS) is 11.3. The van der Waals surface area contributed by atoms with Crippen molar-refractivity contribution in [2.75, 3.05) is 23.7 Å². The number of carbonyl (C=O) groups is 1. The Morgan fingerprint density at radius 2 is 1.84 bits per heavy atom. The first-order valence-electron chi connectivity index (χ1n) is 9.58. The molecule has 3 N–H and O–H groups in total. The second-order valence-electron chi connectivity index (χ2n) is 6.98. The van der Waals surface area contributed by atoms with Crippen molar-refractivity contribution in [1.29, 1.82) is 0 Å². The van der Waals surface area contributed by atoms with Gasteiger partial charge in [0.2, 0.25) is 0 Å². The maximum atomic E-state index is 12.9. The van der Waals surface area contributed by atoms with Gasteiger partial charge in [0.1, 0.15) is 5.82 Å². The van der Waals surface area contributed by atoms with Crippen molar-refractivity contribution in [3.05, 3.63) is 57.9 Å². The van der Waals surface area contributed by atoms with Crippen LogP contribution in [0.4, 0.5) is 29.5 Å². The Bertz CT molecular complexity index is 1110. The zero-order valence-corrected chi connectivity index (χ0v) is 18.3. The molecule has 0 bridgehead atoms. The third-order valence-corrected chi connectivity index (χ3v) is 5.10. The van der Waals surface area contributed by atoms with Gasteiger partial charge in [0.15, 0.2) is 5.82 Å². The highest BCUT2D eigenvalue weighted by atomic mass is 35.5. The Balaban J connectivity index is 1.48. The lowest BCUT2D eigenvalue weighted by Crippen LogP contribution is -2.32. The summed E-state index contributed by atoms with van der Waals surface area (Å²) in [5.41, 5.74) is 1.95. The minimum atomic E-state index is -4.61. The van der Waals surface area contributed by atoms with Crippen LogP contribution in [-0.2, 0) is 6.18 Å². The van der Waals surface area contributed by atoms with Crippen LogP contribution in [0.5, 0.6) is 0 Å². The second kappa shape index (κ2) is 9.43. The summed E-state index contributed by atoms with van der Waals surface area (Å²) < 4.78 is 40.4. The first-order chi connectivity index (χ1) is 15.1. The maximum Gasteiger partial charge on any atom is 0.417 e. The first-order valence-corrected chi connectivity index (χ1v) is 9.96. The van der Waals surface area contributed by atoms with E-state index in [1.807, 2.05) is 20.8 Å². The van der Waals surface area contributed by atoms with Crippen LogP contribution in [0.2, 0.25) is 5.02 Å². The number of anilines is 2. The minimum absolute atomic E-state index is 0.0203.